The third-order valence-corrected chi connectivity index (χ3v) is 4.41. The van der Waals surface area contributed by atoms with Crippen molar-refractivity contribution >= 4 is 27.5 Å². The Kier molecular flexibility index (Phi) is 5.70. The SMILES string of the molecule is CCCN(CCC(O)c1ccc(Br)cc1Cl)C1CC1. The number of nitrogens with zero attached hydrogens (tertiary/aromatic N) is 1. The van der Waals surface area contributed by atoms with E-state index in [0.29, 0.717) is 5.02 Å². The number of rotatable bonds is 7. The zero-order valence-corrected chi connectivity index (χ0v) is 13.6. The molecule has 1 atom stereocenters. The molecule has 1 saturated carbocycles. The van der Waals surface area contributed by atoms with Crippen LogP contribution < -0.4 is 0 Å². The quantitative estimate of drug-likeness (QED) is 0.791. The minimum atomic E-state index is -0.473. The van der Waals surface area contributed by atoms with E-state index in [-0.39, 0.29) is 0 Å². The molecule has 0 saturated heterocycles. The highest BCUT2D eigenvalue weighted by Gasteiger charge is 2.28. The summed E-state index contributed by atoms with van der Waals surface area (Å²) in [7, 11) is 0. The van der Waals surface area contributed by atoms with E-state index in [1.807, 2.05) is 18.2 Å². The van der Waals surface area contributed by atoms with E-state index in [0.717, 1.165) is 35.6 Å². The summed E-state index contributed by atoms with van der Waals surface area (Å²) in [5.74, 6) is 0. The maximum absolute atomic E-state index is 10.3. The van der Waals surface area contributed by atoms with Crippen LogP contribution in [-0.4, -0.2) is 29.1 Å². The van der Waals surface area contributed by atoms with Gasteiger partial charge in [-0.25, -0.2) is 0 Å². The molecule has 0 bridgehead atoms. The third-order valence-electron chi connectivity index (χ3n) is 3.59. The molecule has 0 spiro atoms. The highest BCUT2D eigenvalue weighted by atomic mass is 79.9. The van der Waals surface area contributed by atoms with Gasteiger partial charge in [-0.2, -0.15) is 0 Å². The van der Waals surface area contributed by atoms with Crippen LogP contribution >= 0.6 is 27.5 Å². The second-order valence-electron chi connectivity index (χ2n) is 5.24. The summed E-state index contributed by atoms with van der Waals surface area (Å²) in [6.07, 6.45) is 4.08. The van der Waals surface area contributed by atoms with E-state index in [1.165, 1.54) is 19.3 Å². The fourth-order valence-electron chi connectivity index (χ4n) is 2.42. The van der Waals surface area contributed by atoms with Crippen LogP contribution in [0.2, 0.25) is 5.02 Å². The molecule has 106 valence electrons. The molecule has 2 nitrogen and oxygen atoms in total. The first kappa shape index (κ1) is 15.3. The lowest BCUT2D eigenvalue weighted by atomic mass is 10.1. The molecule has 0 radical (unpaired) electrons. The van der Waals surface area contributed by atoms with Gasteiger partial charge in [-0.05, 0) is 49.9 Å². The molecule has 1 aromatic rings. The molecule has 1 aromatic carbocycles. The molecule has 1 fully saturated rings. The van der Waals surface area contributed by atoms with Gasteiger partial charge in [-0.3, -0.25) is 0 Å². The van der Waals surface area contributed by atoms with Gasteiger partial charge in [0.2, 0.25) is 0 Å². The molecule has 0 amide bonds. The number of benzene rings is 1. The summed E-state index contributed by atoms with van der Waals surface area (Å²) in [6, 6.07) is 6.42. The summed E-state index contributed by atoms with van der Waals surface area (Å²) in [5, 5.41) is 10.9. The van der Waals surface area contributed by atoms with Crippen LogP contribution in [-0.2, 0) is 0 Å². The van der Waals surface area contributed by atoms with E-state index in [9.17, 15) is 5.11 Å². The van der Waals surface area contributed by atoms with Crippen molar-refractivity contribution < 1.29 is 5.11 Å². The van der Waals surface area contributed by atoms with Crippen LogP contribution in [0.15, 0.2) is 22.7 Å². The van der Waals surface area contributed by atoms with Crippen molar-refractivity contribution in [1.29, 1.82) is 0 Å². The Morgan fingerprint density at radius 3 is 2.74 bits per heavy atom. The lowest BCUT2D eigenvalue weighted by molar-refractivity contribution is 0.139. The molecule has 19 heavy (non-hydrogen) atoms. The molecule has 1 aliphatic rings. The van der Waals surface area contributed by atoms with Gasteiger partial charge in [0.15, 0.2) is 0 Å². The summed E-state index contributed by atoms with van der Waals surface area (Å²) in [5.41, 5.74) is 0.831. The number of aliphatic hydroxyl groups is 1. The maximum atomic E-state index is 10.3. The highest BCUT2D eigenvalue weighted by molar-refractivity contribution is 9.10. The molecule has 1 unspecified atom stereocenters. The van der Waals surface area contributed by atoms with Crippen molar-refractivity contribution in [2.75, 3.05) is 13.1 Å². The first-order valence-electron chi connectivity index (χ1n) is 6.99. The van der Waals surface area contributed by atoms with E-state index < -0.39 is 6.10 Å². The fourth-order valence-corrected chi connectivity index (χ4v) is 3.22. The molecule has 0 aromatic heterocycles. The van der Waals surface area contributed by atoms with E-state index in [2.05, 4.69) is 27.8 Å². The summed E-state index contributed by atoms with van der Waals surface area (Å²) in [4.78, 5) is 2.50. The number of halogens is 2. The van der Waals surface area contributed by atoms with Crippen molar-refractivity contribution in [2.24, 2.45) is 0 Å². The molecule has 0 aliphatic heterocycles. The third kappa shape index (κ3) is 4.45. The van der Waals surface area contributed by atoms with Crippen LogP contribution in [0, 0.1) is 0 Å². The zero-order valence-electron chi connectivity index (χ0n) is 11.3. The number of hydrogen-bond acceptors (Lipinski definition) is 2. The van der Waals surface area contributed by atoms with Gasteiger partial charge in [0.25, 0.3) is 0 Å². The van der Waals surface area contributed by atoms with E-state index in [4.69, 9.17) is 11.6 Å². The lowest BCUT2D eigenvalue weighted by Gasteiger charge is -2.23. The standard InChI is InChI=1S/C15H21BrClNO/c1-2-8-18(12-4-5-12)9-7-15(19)13-6-3-11(16)10-14(13)17/h3,6,10,12,15,19H,2,4-5,7-9H2,1H3. The van der Waals surface area contributed by atoms with Crippen molar-refractivity contribution in [3.05, 3.63) is 33.3 Å². The van der Waals surface area contributed by atoms with Crippen LogP contribution in [0.25, 0.3) is 0 Å². The van der Waals surface area contributed by atoms with Crippen molar-refractivity contribution in [2.45, 2.75) is 44.8 Å². The maximum Gasteiger partial charge on any atom is 0.0816 e. The molecule has 0 heterocycles. The Bertz CT molecular complexity index is 423. The van der Waals surface area contributed by atoms with Gasteiger partial charge in [-0.15, -0.1) is 0 Å². The Labute approximate surface area is 128 Å². The molecular formula is C15H21BrClNO. The van der Waals surface area contributed by atoms with E-state index in [1.54, 1.807) is 0 Å². The second kappa shape index (κ2) is 7.07. The van der Waals surface area contributed by atoms with Gasteiger partial charge >= 0.3 is 0 Å². The smallest absolute Gasteiger partial charge is 0.0816 e. The summed E-state index contributed by atoms with van der Waals surface area (Å²) >= 11 is 9.55. The average Bonchev–Trinajstić information content (AvgIpc) is 3.18. The normalized spacial score (nSPS) is 16.9. The Morgan fingerprint density at radius 1 is 1.42 bits per heavy atom. The summed E-state index contributed by atoms with van der Waals surface area (Å²) in [6.45, 7) is 4.29. The Balaban J connectivity index is 1.90. The minimum absolute atomic E-state index is 0.473. The van der Waals surface area contributed by atoms with Gasteiger partial charge in [0, 0.05) is 22.1 Å². The highest BCUT2D eigenvalue weighted by Crippen LogP contribution is 2.31. The van der Waals surface area contributed by atoms with Gasteiger partial charge in [0.05, 0.1) is 6.10 Å². The first-order chi connectivity index (χ1) is 9.11. The predicted molar refractivity (Wildman–Crippen MR) is 83.6 cm³/mol. The minimum Gasteiger partial charge on any atom is -0.388 e. The monoisotopic (exact) mass is 345 g/mol. The predicted octanol–water partition coefficient (Wildman–Crippen LogP) is 4.40. The molecule has 4 heteroatoms. The molecule has 2 rings (SSSR count). The fraction of sp³-hybridized carbons (Fsp3) is 0.600. The summed E-state index contributed by atoms with van der Waals surface area (Å²) < 4.78 is 0.944. The first-order valence-corrected chi connectivity index (χ1v) is 8.16. The number of aliphatic hydroxyl groups excluding tert-OH is 1. The van der Waals surface area contributed by atoms with Crippen molar-refractivity contribution in [3.8, 4) is 0 Å². The van der Waals surface area contributed by atoms with Crippen LogP contribution in [0.5, 0.6) is 0 Å². The number of hydrogen-bond donors (Lipinski definition) is 1. The Hall–Kier alpha value is -0.0900. The average molecular weight is 347 g/mol. The van der Waals surface area contributed by atoms with Crippen LogP contribution in [0.3, 0.4) is 0 Å². The van der Waals surface area contributed by atoms with Crippen molar-refractivity contribution in [3.63, 3.8) is 0 Å². The largest absolute Gasteiger partial charge is 0.388 e. The van der Waals surface area contributed by atoms with Gasteiger partial charge in [0.1, 0.15) is 0 Å². The van der Waals surface area contributed by atoms with Gasteiger partial charge < -0.3 is 10.0 Å². The molecular weight excluding hydrogens is 326 g/mol. The molecule has 1 aliphatic carbocycles. The van der Waals surface area contributed by atoms with E-state index >= 15 is 0 Å². The topological polar surface area (TPSA) is 23.5 Å². The van der Waals surface area contributed by atoms with Crippen LogP contribution in [0.4, 0.5) is 0 Å². The van der Waals surface area contributed by atoms with Crippen molar-refractivity contribution in [1.82, 2.24) is 4.90 Å². The van der Waals surface area contributed by atoms with Crippen LogP contribution in [0.1, 0.15) is 44.3 Å². The lowest BCUT2D eigenvalue weighted by Crippen LogP contribution is -2.29. The zero-order chi connectivity index (χ0) is 13.8. The second-order valence-corrected chi connectivity index (χ2v) is 6.56. The molecule has 1 N–H and O–H groups in total. The van der Waals surface area contributed by atoms with Gasteiger partial charge in [-0.1, -0.05) is 40.5 Å². The Morgan fingerprint density at radius 2 is 2.16 bits per heavy atom.